The molecule has 0 radical (unpaired) electrons. The molecule has 0 unspecified atom stereocenters. The smallest absolute Gasteiger partial charge is 0.416 e. The standard InChI is InChI=1S/C17H16F3NO3/c1-22-14-8-6-12(7-9-14)16(21-23-2)11-24-15-5-3-4-13(10-15)17(18,19)20/h3-10H,11H2,1-2H3/b21-16+. The predicted octanol–water partition coefficient (Wildman–Crippen LogP) is 4.14. The molecule has 7 heteroatoms. The Hall–Kier alpha value is -2.70. The molecule has 2 aromatic rings. The number of hydrogen-bond donors (Lipinski definition) is 0. The molecule has 0 bridgehead atoms. The van der Waals surface area contributed by atoms with Crippen LogP contribution in [0.2, 0.25) is 0 Å². The van der Waals surface area contributed by atoms with Crippen LogP contribution in [0.1, 0.15) is 11.1 Å². The van der Waals surface area contributed by atoms with Crippen molar-refractivity contribution < 1.29 is 27.5 Å². The molecule has 4 nitrogen and oxygen atoms in total. The van der Waals surface area contributed by atoms with E-state index in [1.54, 1.807) is 31.4 Å². The van der Waals surface area contributed by atoms with Gasteiger partial charge in [0.2, 0.25) is 0 Å². The van der Waals surface area contributed by atoms with Gasteiger partial charge in [0.25, 0.3) is 0 Å². The van der Waals surface area contributed by atoms with E-state index >= 15 is 0 Å². The second-order valence-electron chi connectivity index (χ2n) is 4.76. The monoisotopic (exact) mass is 339 g/mol. The van der Waals surface area contributed by atoms with Gasteiger partial charge in [-0.25, -0.2) is 0 Å². The quantitative estimate of drug-likeness (QED) is 0.586. The van der Waals surface area contributed by atoms with Crippen LogP contribution in [0.4, 0.5) is 13.2 Å². The second kappa shape index (κ2) is 7.72. The highest BCUT2D eigenvalue weighted by Crippen LogP contribution is 2.31. The first-order valence-electron chi connectivity index (χ1n) is 6.98. The van der Waals surface area contributed by atoms with Crippen LogP contribution in [0, 0.1) is 0 Å². The molecule has 0 fully saturated rings. The molecule has 128 valence electrons. The molecule has 2 rings (SSSR count). The van der Waals surface area contributed by atoms with Crippen LogP contribution in [0.5, 0.6) is 11.5 Å². The predicted molar refractivity (Wildman–Crippen MR) is 83.5 cm³/mol. The van der Waals surface area contributed by atoms with E-state index in [0.717, 1.165) is 12.1 Å². The maximum atomic E-state index is 12.7. The highest BCUT2D eigenvalue weighted by atomic mass is 19.4. The lowest BCUT2D eigenvalue weighted by Gasteiger charge is -2.11. The van der Waals surface area contributed by atoms with Crippen molar-refractivity contribution in [1.29, 1.82) is 0 Å². The molecule has 0 saturated heterocycles. The van der Waals surface area contributed by atoms with Gasteiger partial charge < -0.3 is 14.3 Å². The fourth-order valence-electron chi connectivity index (χ4n) is 1.97. The largest absolute Gasteiger partial charge is 0.497 e. The summed E-state index contributed by atoms with van der Waals surface area (Å²) in [4.78, 5) is 4.78. The lowest BCUT2D eigenvalue weighted by molar-refractivity contribution is -0.137. The minimum Gasteiger partial charge on any atom is -0.497 e. The Bertz CT molecular complexity index is 697. The fourth-order valence-corrected chi connectivity index (χ4v) is 1.97. The third kappa shape index (κ3) is 4.65. The van der Waals surface area contributed by atoms with Gasteiger partial charge in [-0.05, 0) is 42.5 Å². The zero-order valence-corrected chi connectivity index (χ0v) is 13.1. The number of oxime groups is 1. The second-order valence-corrected chi connectivity index (χ2v) is 4.76. The van der Waals surface area contributed by atoms with Crippen LogP contribution in [0.15, 0.2) is 53.7 Å². The molecule has 0 amide bonds. The average Bonchev–Trinajstić information content (AvgIpc) is 2.58. The number of alkyl halides is 3. The number of benzene rings is 2. The summed E-state index contributed by atoms with van der Waals surface area (Å²) in [6.45, 7) is -0.0402. The van der Waals surface area contributed by atoms with Gasteiger partial charge in [-0.15, -0.1) is 0 Å². The van der Waals surface area contributed by atoms with Gasteiger partial charge in [-0.3, -0.25) is 0 Å². The van der Waals surface area contributed by atoms with Crippen molar-refractivity contribution in [2.24, 2.45) is 5.16 Å². The Labute approximate surface area is 137 Å². The van der Waals surface area contributed by atoms with Crippen LogP contribution in [0.25, 0.3) is 0 Å². The van der Waals surface area contributed by atoms with E-state index < -0.39 is 11.7 Å². The van der Waals surface area contributed by atoms with Gasteiger partial charge in [0.15, 0.2) is 0 Å². The molecule has 2 aromatic carbocycles. The van der Waals surface area contributed by atoms with Gasteiger partial charge >= 0.3 is 6.18 Å². The van der Waals surface area contributed by atoms with Crippen molar-refractivity contribution >= 4 is 5.71 Å². The van der Waals surface area contributed by atoms with Crippen molar-refractivity contribution in [2.75, 3.05) is 20.8 Å². The zero-order valence-electron chi connectivity index (χ0n) is 13.1. The van der Waals surface area contributed by atoms with Crippen molar-refractivity contribution in [3.8, 4) is 11.5 Å². The lowest BCUT2D eigenvalue weighted by atomic mass is 10.1. The Morgan fingerprint density at radius 1 is 1.00 bits per heavy atom. The molecule has 0 spiro atoms. The molecule has 0 saturated carbocycles. The van der Waals surface area contributed by atoms with Crippen molar-refractivity contribution in [2.45, 2.75) is 6.18 Å². The van der Waals surface area contributed by atoms with Crippen LogP contribution >= 0.6 is 0 Å². The lowest BCUT2D eigenvalue weighted by Crippen LogP contribution is -2.14. The first-order valence-corrected chi connectivity index (χ1v) is 6.98. The highest BCUT2D eigenvalue weighted by molar-refractivity contribution is 6.01. The molecule has 0 atom stereocenters. The maximum absolute atomic E-state index is 12.7. The van der Waals surface area contributed by atoms with E-state index in [1.165, 1.54) is 19.2 Å². The van der Waals surface area contributed by atoms with Gasteiger partial charge in [-0.1, -0.05) is 11.2 Å². The third-order valence-electron chi connectivity index (χ3n) is 3.16. The number of rotatable bonds is 6. The summed E-state index contributed by atoms with van der Waals surface area (Å²) in [6.07, 6.45) is -4.42. The number of nitrogens with zero attached hydrogens (tertiary/aromatic N) is 1. The molecule has 0 aliphatic carbocycles. The van der Waals surface area contributed by atoms with E-state index in [9.17, 15) is 13.2 Å². The molecule has 0 aromatic heterocycles. The number of ether oxygens (including phenoxy) is 2. The van der Waals surface area contributed by atoms with E-state index in [2.05, 4.69) is 5.16 Å². The number of methoxy groups -OCH3 is 1. The van der Waals surface area contributed by atoms with Crippen molar-refractivity contribution in [3.63, 3.8) is 0 Å². The highest BCUT2D eigenvalue weighted by Gasteiger charge is 2.30. The molecule has 0 heterocycles. The van der Waals surface area contributed by atoms with Crippen LogP contribution in [-0.2, 0) is 11.0 Å². The van der Waals surface area contributed by atoms with Gasteiger partial charge in [0.05, 0.1) is 12.7 Å². The number of hydrogen-bond acceptors (Lipinski definition) is 4. The minimum atomic E-state index is -4.42. The van der Waals surface area contributed by atoms with Crippen LogP contribution in [0.3, 0.4) is 0 Å². The summed E-state index contributed by atoms with van der Waals surface area (Å²) >= 11 is 0. The van der Waals surface area contributed by atoms with Crippen LogP contribution in [-0.4, -0.2) is 26.5 Å². The Balaban J connectivity index is 2.13. The summed E-state index contributed by atoms with van der Waals surface area (Å²) in [5, 5.41) is 3.86. The summed E-state index contributed by atoms with van der Waals surface area (Å²) in [5.74, 6) is 0.774. The first kappa shape index (κ1) is 17.7. The van der Waals surface area contributed by atoms with Gasteiger partial charge in [0.1, 0.15) is 30.9 Å². The molecule has 0 N–H and O–H groups in total. The maximum Gasteiger partial charge on any atom is 0.416 e. The van der Waals surface area contributed by atoms with Gasteiger partial charge in [-0.2, -0.15) is 13.2 Å². The average molecular weight is 339 g/mol. The summed E-state index contributed by atoms with van der Waals surface area (Å²) in [7, 11) is 2.93. The molecule has 0 aliphatic rings. The van der Waals surface area contributed by atoms with Crippen molar-refractivity contribution in [1.82, 2.24) is 0 Å². The van der Waals surface area contributed by atoms with E-state index in [4.69, 9.17) is 14.3 Å². The third-order valence-corrected chi connectivity index (χ3v) is 3.16. The van der Waals surface area contributed by atoms with Crippen LogP contribution < -0.4 is 9.47 Å². The molecule has 24 heavy (non-hydrogen) atoms. The van der Waals surface area contributed by atoms with Gasteiger partial charge in [0, 0.05) is 5.56 Å². The normalized spacial score (nSPS) is 12.0. The topological polar surface area (TPSA) is 40.0 Å². The Morgan fingerprint density at radius 2 is 1.71 bits per heavy atom. The van der Waals surface area contributed by atoms with Crippen molar-refractivity contribution in [3.05, 3.63) is 59.7 Å². The SMILES string of the molecule is CO/N=C(\COc1cccc(C(F)(F)F)c1)c1ccc(OC)cc1. The summed E-state index contributed by atoms with van der Waals surface area (Å²) < 4.78 is 48.6. The molecule has 0 aliphatic heterocycles. The first-order chi connectivity index (χ1) is 11.4. The summed E-state index contributed by atoms with van der Waals surface area (Å²) in [6, 6.07) is 11.7. The molecular formula is C17H16F3NO3. The van der Waals surface area contributed by atoms with E-state index in [0.29, 0.717) is 17.0 Å². The zero-order chi connectivity index (χ0) is 17.6. The summed E-state index contributed by atoms with van der Waals surface area (Å²) in [5.41, 5.74) is 0.386. The fraction of sp³-hybridized carbons (Fsp3) is 0.235. The Morgan fingerprint density at radius 3 is 2.29 bits per heavy atom. The Kier molecular flexibility index (Phi) is 5.68. The minimum absolute atomic E-state index is 0.0402. The molecular weight excluding hydrogens is 323 g/mol. The van der Waals surface area contributed by atoms with E-state index in [-0.39, 0.29) is 12.4 Å². The van der Waals surface area contributed by atoms with E-state index in [1.807, 2.05) is 0 Å². The number of halogens is 3.